The molecule has 1 saturated carbocycles. The van der Waals surface area contributed by atoms with Crippen molar-refractivity contribution >= 4 is 11.6 Å². The molecule has 1 aliphatic rings. The fourth-order valence-corrected chi connectivity index (χ4v) is 2.70. The molecule has 1 aliphatic carbocycles. The molecule has 2 heteroatoms. The summed E-state index contributed by atoms with van der Waals surface area (Å²) in [5.74, 6) is 0.996. The Kier molecular flexibility index (Phi) is 4.47. The normalized spacial score (nSPS) is 19.0. The Bertz CT molecular complexity index is 360. The van der Waals surface area contributed by atoms with Gasteiger partial charge in [-0.25, -0.2) is 0 Å². The lowest BCUT2D eigenvalue weighted by Crippen LogP contribution is -2.36. The molecular formula is C15H22ClN. The molecule has 1 fully saturated rings. The van der Waals surface area contributed by atoms with Crippen LogP contribution in [0.4, 0.5) is 0 Å². The van der Waals surface area contributed by atoms with Crippen LogP contribution in [0.15, 0.2) is 24.3 Å². The molecule has 0 spiro atoms. The summed E-state index contributed by atoms with van der Waals surface area (Å²) in [6.45, 7) is 4.55. The first-order valence-electron chi connectivity index (χ1n) is 6.64. The maximum absolute atomic E-state index is 5.99. The molecule has 2 atom stereocenters. The molecule has 94 valence electrons. The van der Waals surface area contributed by atoms with Gasteiger partial charge in [0.25, 0.3) is 0 Å². The maximum Gasteiger partial charge on any atom is 0.0408 e. The van der Waals surface area contributed by atoms with Crippen LogP contribution in [0, 0.1) is 5.92 Å². The summed E-state index contributed by atoms with van der Waals surface area (Å²) in [4.78, 5) is 0. The van der Waals surface area contributed by atoms with Gasteiger partial charge in [0.1, 0.15) is 0 Å². The number of halogens is 1. The van der Waals surface area contributed by atoms with Gasteiger partial charge >= 0.3 is 0 Å². The summed E-state index contributed by atoms with van der Waals surface area (Å²) < 4.78 is 0. The van der Waals surface area contributed by atoms with Gasteiger partial charge in [-0.05, 0) is 50.3 Å². The van der Waals surface area contributed by atoms with Gasteiger partial charge in [0, 0.05) is 17.1 Å². The second-order valence-electron chi connectivity index (χ2n) is 5.48. The minimum atomic E-state index is 0.516. The van der Waals surface area contributed by atoms with Gasteiger partial charge in [-0.15, -0.1) is 0 Å². The smallest absolute Gasteiger partial charge is 0.0408 e. The average Bonchev–Trinajstić information content (AvgIpc) is 3.00. The monoisotopic (exact) mass is 251 g/mol. The zero-order valence-corrected chi connectivity index (χ0v) is 11.5. The molecule has 2 unspecified atom stereocenters. The third-order valence-corrected chi connectivity index (χ3v) is 3.62. The van der Waals surface area contributed by atoms with Gasteiger partial charge in [-0.1, -0.05) is 36.6 Å². The van der Waals surface area contributed by atoms with Crippen molar-refractivity contribution in [3.8, 4) is 0 Å². The average molecular weight is 252 g/mol. The van der Waals surface area contributed by atoms with E-state index in [-0.39, 0.29) is 0 Å². The van der Waals surface area contributed by atoms with E-state index in [4.69, 9.17) is 11.6 Å². The van der Waals surface area contributed by atoms with Crippen LogP contribution in [-0.4, -0.2) is 12.1 Å². The van der Waals surface area contributed by atoms with Crippen LogP contribution in [0.2, 0.25) is 5.02 Å². The Morgan fingerprint density at radius 2 is 2.06 bits per heavy atom. The van der Waals surface area contributed by atoms with E-state index in [9.17, 15) is 0 Å². The first kappa shape index (κ1) is 12.9. The molecule has 1 aromatic carbocycles. The highest BCUT2D eigenvalue weighted by molar-refractivity contribution is 6.30. The second kappa shape index (κ2) is 5.88. The standard InChI is InChI=1S/C15H22ClN/c1-11(8-13-6-7-13)17-12(2)9-14-4-3-5-15(16)10-14/h3-5,10-13,17H,6-9H2,1-2H3. The summed E-state index contributed by atoms with van der Waals surface area (Å²) in [6.07, 6.45) is 5.26. The molecule has 1 aromatic rings. The first-order chi connectivity index (χ1) is 8.13. The number of rotatable bonds is 6. The minimum Gasteiger partial charge on any atom is -0.311 e. The highest BCUT2D eigenvalue weighted by Crippen LogP contribution is 2.33. The van der Waals surface area contributed by atoms with Crippen molar-refractivity contribution in [1.82, 2.24) is 5.32 Å². The second-order valence-corrected chi connectivity index (χ2v) is 5.92. The molecule has 0 heterocycles. The molecule has 0 radical (unpaired) electrons. The molecule has 0 saturated heterocycles. The predicted molar refractivity (Wildman–Crippen MR) is 74.6 cm³/mol. The fraction of sp³-hybridized carbons (Fsp3) is 0.600. The van der Waals surface area contributed by atoms with E-state index >= 15 is 0 Å². The van der Waals surface area contributed by atoms with Crippen LogP contribution in [0.1, 0.15) is 38.7 Å². The number of nitrogens with one attached hydrogen (secondary N) is 1. The van der Waals surface area contributed by atoms with E-state index in [1.165, 1.54) is 24.8 Å². The lowest BCUT2D eigenvalue weighted by molar-refractivity contribution is 0.428. The zero-order chi connectivity index (χ0) is 12.3. The quantitative estimate of drug-likeness (QED) is 0.804. The van der Waals surface area contributed by atoms with E-state index in [2.05, 4.69) is 31.3 Å². The van der Waals surface area contributed by atoms with Crippen molar-refractivity contribution in [1.29, 1.82) is 0 Å². The SMILES string of the molecule is CC(Cc1cccc(Cl)c1)NC(C)CC1CC1. The molecule has 0 aliphatic heterocycles. The Balaban J connectivity index is 1.77. The van der Waals surface area contributed by atoms with E-state index in [1.807, 2.05) is 12.1 Å². The van der Waals surface area contributed by atoms with E-state index in [0.717, 1.165) is 17.4 Å². The van der Waals surface area contributed by atoms with Crippen LogP contribution in [-0.2, 0) is 6.42 Å². The van der Waals surface area contributed by atoms with E-state index < -0.39 is 0 Å². The Hall–Kier alpha value is -0.530. The third kappa shape index (κ3) is 4.69. The molecule has 0 bridgehead atoms. The largest absolute Gasteiger partial charge is 0.311 e. The van der Waals surface area contributed by atoms with Crippen LogP contribution in [0.5, 0.6) is 0 Å². The molecule has 1 N–H and O–H groups in total. The Morgan fingerprint density at radius 1 is 1.29 bits per heavy atom. The van der Waals surface area contributed by atoms with Crippen molar-refractivity contribution in [2.24, 2.45) is 5.92 Å². The molecule has 17 heavy (non-hydrogen) atoms. The zero-order valence-electron chi connectivity index (χ0n) is 10.7. The molecular weight excluding hydrogens is 230 g/mol. The predicted octanol–water partition coefficient (Wildman–Crippen LogP) is 4.05. The highest BCUT2D eigenvalue weighted by Gasteiger charge is 2.23. The summed E-state index contributed by atoms with van der Waals surface area (Å²) >= 11 is 5.99. The molecule has 2 rings (SSSR count). The lowest BCUT2D eigenvalue weighted by Gasteiger charge is -2.20. The Morgan fingerprint density at radius 3 is 2.71 bits per heavy atom. The summed E-state index contributed by atoms with van der Waals surface area (Å²) in [7, 11) is 0. The number of hydrogen-bond donors (Lipinski definition) is 1. The molecule has 0 aromatic heterocycles. The number of hydrogen-bond acceptors (Lipinski definition) is 1. The van der Waals surface area contributed by atoms with Gasteiger partial charge in [-0.3, -0.25) is 0 Å². The lowest BCUT2D eigenvalue weighted by atomic mass is 10.1. The third-order valence-electron chi connectivity index (χ3n) is 3.38. The van der Waals surface area contributed by atoms with Gasteiger partial charge in [-0.2, -0.15) is 0 Å². The van der Waals surface area contributed by atoms with Gasteiger partial charge in [0.15, 0.2) is 0 Å². The van der Waals surface area contributed by atoms with Crippen LogP contribution < -0.4 is 5.32 Å². The molecule has 1 nitrogen and oxygen atoms in total. The van der Waals surface area contributed by atoms with Crippen molar-refractivity contribution in [2.45, 2.75) is 51.6 Å². The highest BCUT2D eigenvalue weighted by atomic mass is 35.5. The number of benzene rings is 1. The van der Waals surface area contributed by atoms with Crippen molar-refractivity contribution in [2.75, 3.05) is 0 Å². The van der Waals surface area contributed by atoms with Crippen molar-refractivity contribution in [3.63, 3.8) is 0 Å². The van der Waals surface area contributed by atoms with Crippen molar-refractivity contribution in [3.05, 3.63) is 34.9 Å². The summed E-state index contributed by atoms with van der Waals surface area (Å²) in [5, 5.41) is 4.51. The topological polar surface area (TPSA) is 12.0 Å². The van der Waals surface area contributed by atoms with E-state index in [0.29, 0.717) is 12.1 Å². The van der Waals surface area contributed by atoms with Crippen LogP contribution >= 0.6 is 11.6 Å². The van der Waals surface area contributed by atoms with E-state index in [1.54, 1.807) is 0 Å². The van der Waals surface area contributed by atoms with Crippen molar-refractivity contribution < 1.29 is 0 Å². The minimum absolute atomic E-state index is 0.516. The maximum atomic E-state index is 5.99. The molecule has 0 amide bonds. The van der Waals surface area contributed by atoms with Gasteiger partial charge < -0.3 is 5.32 Å². The van der Waals surface area contributed by atoms with Gasteiger partial charge in [0.05, 0.1) is 0 Å². The van der Waals surface area contributed by atoms with Crippen LogP contribution in [0.25, 0.3) is 0 Å². The summed E-state index contributed by atoms with van der Waals surface area (Å²) in [6, 6.07) is 9.32. The Labute approximate surface area is 110 Å². The van der Waals surface area contributed by atoms with Crippen LogP contribution in [0.3, 0.4) is 0 Å². The van der Waals surface area contributed by atoms with Gasteiger partial charge in [0.2, 0.25) is 0 Å². The fourth-order valence-electron chi connectivity index (χ4n) is 2.48. The first-order valence-corrected chi connectivity index (χ1v) is 7.02. The summed E-state index contributed by atoms with van der Waals surface area (Å²) in [5.41, 5.74) is 1.32.